The van der Waals surface area contributed by atoms with Crippen molar-refractivity contribution in [2.75, 3.05) is 31.6 Å². The maximum absolute atomic E-state index is 11.8. The van der Waals surface area contributed by atoms with Gasteiger partial charge in [-0.3, -0.25) is 4.79 Å². The van der Waals surface area contributed by atoms with Crippen molar-refractivity contribution in [3.05, 3.63) is 24.3 Å². The summed E-state index contributed by atoms with van der Waals surface area (Å²) in [6.07, 6.45) is 0. The van der Waals surface area contributed by atoms with E-state index in [4.69, 9.17) is 4.74 Å². The molecule has 100 valence electrons. The Morgan fingerprint density at radius 3 is 2.28 bits per heavy atom. The lowest BCUT2D eigenvalue weighted by molar-refractivity contribution is -0.128. The maximum atomic E-state index is 11.8. The van der Waals surface area contributed by atoms with Crippen LogP contribution in [-0.2, 0) is 4.79 Å². The van der Waals surface area contributed by atoms with E-state index in [1.54, 1.807) is 0 Å². The molecule has 0 fully saturated rings. The number of benzene rings is 1. The molecular formula is C14H22N2O2. The van der Waals surface area contributed by atoms with Gasteiger partial charge in [-0.1, -0.05) is 0 Å². The van der Waals surface area contributed by atoms with Crippen molar-refractivity contribution >= 4 is 11.6 Å². The Morgan fingerprint density at radius 2 is 1.78 bits per heavy atom. The van der Waals surface area contributed by atoms with Gasteiger partial charge in [0.05, 0.1) is 13.2 Å². The summed E-state index contributed by atoms with van der Waals surface area (Å²) in [6.45, 7) is 8.41. The van der Waals surface area contributed by atoms with Crippen LogP contribution in [0.5, 0.6) is 5.75 Å². The molecular weight excluding hydrogens is 228 g/mol. The summed E-state index contributed by atoms with van der Waals surface area (Å²) in [7, 11) is 0. The highest BCUT2D eigenvalue weighted by Gasteiger charge is 2.08. The average molecular weight is 250 g/mol. The van der Waals surface area contributed by atoms with Gasteiger partial charge in [-0.25, -0.2) is 0 Å². The van der Waals surface area contributed by atoms with Gasteiger partial charge >= 0.3 is 0 Å². The van der Waals surface area contributed by atoms with Crippen LogP contribution in [-0.4, -0.2) is 37.0 Å². The molecule has 1 aromatic carbocycles. The van der Waals surface area contributed by atoms with Crippen molar-refractivity contribution in [3.63, 3.8) is 0 Å². The van der Waals surface area contributed by atoms with E-state index >= 15 is 0 Å². The topological polar surface area (TPSA) is 41.6 Å². The largest absolute Gasteiger partial charge is 0.494 e. The third-order valence-electron chi connectivity index (χ3n) is 2.73. The molecule has 0 heterocycles. The molecule has 0 aliphatic carbocycles. The van der Waals surface area contributed by atoms with E-state index in [1.807, 2.05) is 49.9 Å². The molecule has 0 aliphatic rings. The molecule has 0 saturated carbocycles. The molecule has 0 atom stereocenters. The van der Waals surface area contributed by atoms with Gasteiger partial charge in [-0.05, 0) is 45.0 Å². The standard InChI is InChI=1S/C14H22N2O2/c1-4-16(5-2)14(17)11-15-12-7-9-13(10-8-12)18-6-3/h7-10,15H,4-6,11H2,1-3H3. The SMILES string of the molecule is CCOc1ccc(NCC(=O)N(CC)CC)cc1. The Hall–Kier alpha value is -1.71. The molecule has 0 spiro atoms. The van der Waals surface area contributed by atoms with E-state index < -0.39 is 0 Å². The van der Waals surface area contributed by atoms with Crippen molar-refractivity contribution in [2.45, 2.75) is 20.8 Å². The van der Waals surface area contributed by atoms with E-state index in [-0.39, 0.29) is 5.91 Å². The molecule has 0 saturated heterocycles. The third kappa shape index (κ3) is 4.28. The Balaban J connectivity index is 2.45. The van der Waals surface area contributed by atoms with Gasteiger partial charge in [0.15, 0.2) is 0 Å². The van der Waals surface area contributed by atoms with Crippen molar-refractivity contribution < 1.29 is 9.53 Å². The minimum atomic E-state index is 0.119. The molecule has 1 rings (SSSR count). The summed E-state index contributed by atoms with van der Waals surface area (Å²) in [5.74, 6) is 0.965. The number of amides is 1. The van der Waals surface area contributed by atoms with Crippen LogP contribution in [0, 0.1) is 0 Å². The fourth-order valence-corrected chi connectivity index (χ4v) is 1.70. The number of hydrogen-bond acceptors (Lipinski definition) is 3. The van der Waals surface area contributed by atoms with Crippen LogP contribution in [0.25, 0.3) is 0 Å². The van der Waals surface area contributed by atoms with Crippen LogP contribution in [0.2, 0.25) is 0 Å². The zero-order valence-corrected chi connectivity index (χ0v) is 11.4. The minimum absolute atomic E-state index is 0.119. The Bertz CT molecular complexity index is 359. The second kappa shape index (κ2) is 7.58. The van der Waals surface area contributed by atoms with Crippen molar-refractivity contribution in [1.29, 1.82) is 0 Å². The number of anilines is 1. The molecule has 4 heteroatoms. The normalized spacial score (nSPS) is 9.94. The van der Waals surface area contributed by atoms with E-state index in [1.165, 1.54) is 0 Å². The molecule has 0 aliphatic heterocycles. The molecule has 0 bridgehead atoms. The van der Waals surface area contributed by atoms with Gasteiger partial charge in [0.1, 0.15) is 5.75 Å². The Morgan fingerprint density at radius 1 is 1.17 bits per heavy atom. The number of ether oxygens (including phenoxy) is 1. The molecule has 1 N–H and O–H groups in total. The van der Waals surface area contributed by atoms with Crippen LogP contribution in [0.15, 0.2) is 24.3 Å². The van der Waals surface area contributed by atoms with Crippen molar-refractivity contribution in [3.8, 4) is 5.75 Å². The number of likely N-dealkylation sites (N-methyl/N-ethyl adjacent to an activating group) is 1. The lowest BCUT2D eigenvalue weighted by Crippen LogP contribution is -2.35. The summed E-state index contributed by atoms with van der Waals surface area (Å²) < 4.78 is 5.36. The highest BCUT2D eigenvalue weighted by atomic mass is 16.5. The van der Waals surface area contributed by atoms with Crippen LogP contribution in [0.1, 0.15) is 20.8 Å². The van der Waals surface area contributed by atoms with Crippen LogP contribution in [0.4, 0.5) is 5.69 Å². The van der Waals surface area contributed by atoms with E-state index in [0.29, 0.717) is 13.2 Å². The van der Waals surface area contributed by atoms with Gasteiger partial charge in [0, 0.05) is 18.8 Å². The molecule has 4 nitrogen and oxygen atoms in total. The molecule has 1 amide bonds. The van der Waals surface area contributed by atoms with Gasteiger partial charge < -0.3 is 15.0 Å². The highest BCUT2D eigenvalue weighted by Crippen LogP contribution is 2.15. The molecule has 0 unspecified atom stereocenters. The number of nitrogens with zero attached hydrogens (tertiary/aromatic N) is 1. The number of hydrogen-bond donors (Lipinski definition) is 1. The quantitative estimate of drug-likeness (QED) is 0.807. The summed E-state index contributed by atoms with van der Waals surface area (Å²) >= 11 is 0. The Kier molecular flexibility index (Phi) is 6.05. The monoisotopic (exact) mass is 250 g/mol. The first-order chi connectivity index (χ1) is 8.71. The molecule has 0 radical (unpaired) electrons. The minimum Gasteiger partial charge on any atom is -0.494 e. The van der Waals surface area contributed by atoms with Gasteiger partial charge in [0.25, 0.3) is 0 Å². The lowest BCUT2D eigenvalue weighted by Gasteiger charge is -2.19. The van der Waals surface area contributed by atoms with Crippen LogP contribution in [0.3, 0.4) is 0 Å². The first-order valence-electron chi connectivity index (χ1n) is 6.45. The molecule has 0 aromatic heterocycles. The van der Waals surface area contributed by atoms with E-state index in [2.05, 4.69) is 5.32 Å². The second-order valence-corrected chi connectivity index (χ2v) is 3.88. The highest BCUT2D eigenvalue weighted by molar-refractivity contribution is 5.80. The maximum Gasteiger partial charge on any atom is 0.241 e. The predicted octanol–water partition coefficient (Wildman–Crippen LogP) is 2.37. The van der Waals surface area contributed by atoms with Crippen molar-refractivity contribution in [1.82, 2.24) is 4.90 Å². The van der Waals surface area contributed by atoms with Gasteiger partial charge in [-0.15, -0.1) is 0 Å². The van der Waals surface area contributed by atoms with Gasteiger partial charge in [0.2, 0.25) is 5.91 Å². The fourth-order valence-electron chi connectivity index (χ4n) is 1.70. The van der Waals surface area contributed by atoms with Gasteiger partial charge in [-0.2, -0.15) is 0 Å². The average Bonchev–Trinajstić information content (AvgIpc) is 2.40. The number of carbonyl (C=O) groups is 1. The predicted molar refractivity (Wildman–Crippen MR) is 74.0 cm³/mol. The lowest BCUT2D eigenvalue weighted by atomic mass is 10.3. The molecule has 18 heavy (non-hydrogen) atoms. The van der Waals surface area contributed by atoms with E-state index in [0.717, 1.165) is 24.5 Å². The van der Waals surface area contributed by atoms with Crippen molar-refractivity contribution in [2.24, 2.45) is 0 Å². The first kappa shape index (κ1) is 14.4. The smallest absolute Gasteiger partial charge is 0.241 e. The number of rotatable bonds is 7. The summed E-state index contributed by atoms with van der Waals surface area (Å²) in [4.78, 5) is 13.6. The zero-order valence-electron chi connectivity index (χ0n) is 11.4. The zero-order chi connectivity index (χ0) is 13.4. The molecule has 1 aromatic rings. The first-order valence-corrected chi connectivity index (χ1v) is 6.45. The van der Waals surface area contributed by atoms with E-state index in [9.17, 15) is 4.79 Å². The third-order valence-corrected chi connectivity index (χ3v) is 2.73. The summed E-state index contributed by atoms with van der Waals surface area (Å²) in [6, 6.07) is 7.63. The fraction of sp³-hybridized carbons (Fsp3) is 0.500. The summed E-state index contributed by atoms with van der Waals surface area (Å²) in [5, 5.41) is 3.12. The Labute approximate surface area is 109 Å². The summed E-state index contributed by atoms with van der Waals surface area (Å²) in [5.41, 5.74) is 0.930. The number of carbonyl (C=O) groups excluding carboxylic acids is 1. The second-order valence-electron chi connectivity index (χ2n) is 3.88. The van der Waals surface area contributed by atoms with Crippen LogP contribution >= 0.6 is 0 Å². The number of nitrogens with one attached hydrogen (secondary N) is 1. The van der Waals surface area contributed by atoms with Crippen LogP contribution < -0.4 is 10.1 Å².